The van der Waals surface area contributed by atoms with Crippen molar-refractivity contribution in [2.24, 2.45) is 5.92 Å². The van der Waals surface area contributed by atoms with Gasteiger partial charge in [0.2, 0.25) is 5.91 Å². The second-order valence-electron chi connectivity index (χ2n) is 5.02. The third-order valence-corrected chi connectivity index (χ3v) is 3.52. The van der Waals surface area contributed by atoms with Crippen LogP contribution in [0.3, 0.4) is 0 Å². The zero-order chi connectivity index (χ0) is 15.5. The minimum Gasteiger partial charge on any atom is -0.381 e. The second-order valence-corrected chi connectivity index (χ2v) is 5.46. The molecule has 1 aromatic rings. The largest absolute Gasteiger partial charge is 0.418 e. The highest BCUT2D eigenvalue weighted by atomic mass is 35.5. The molecule has 1 aliphatic heterocycles. The van der Waals surface area contributed by atoms with Gasteiger partial charge in [-0.25, -0.2) is 0 Å². The monoisotopic (exact) mass is 321 g/mol. The lowest BCUT2D eigenvalue weighted by atomic mass is 9.98. The Morgan fingerprint density at radius 2 is 2.19 bits per heavy atom. The third kappa shape index (κ3) is 4.61. The molecule has 1 aliphatic rings. The van der Waals surface area contributed by atoms with Crippen LogP contribution in [-0.2, 0) is 15.7 Å². The van der Waals surface area contributed by atoms with E-state index in [1.165, 1.54) is 12.1 Å². The van der Waals surface area contributed by atoms with Crippen LogP contribution in [0.15, 0.2) is 18.2 Å². The summed E-state index contributed by atoms with van der Waals surface area (Å²) in [7, 11) is 0. The molecule has 1 fully saturated rings. The highest BCUT2D eigenvalue weighted by Gasteiger charge is 2.34. The zero-order valence-electron chi connectivity index (χ0n) is 11.2. The molecule has 0 radical (unpaired) electrons. The SMILES string of the molecule is O=C(CC1CCCOC1)Nc1ccc(Cl)cc1C(F)(F)F. The van der Waals surface area contributed by atoms with Crippen LogP contribution in [0.4, 0.5) is 18.9 Å². The van der Waals surface area contributed by atoms with Crippen LogP contribution in [0.25, 0.3) is 0 Å². The summed E-state index contributed by atoms with van der Waals surface area (Å²) in [4.78, 5) is 11.9. The number of ether oxygens (including phenoxy) is 1. The molecule has 1 unspecified atom stereocenters. The Kier molecular flexibility index (Phi) is 5.11. The van der Waals surface area contributed by atoms with E-state index in [2.05, 4.69) is 5.32 Å². The molecule has 21 heavy (non-hydrogen) atoms. The van der Waals surface area contributed by atoms with Gasteiger partial charge in [-0.2, -0.15) is 13.2 Å². The van der Waals surface area contributed by atoms with E-state index in [1.807, 2.05) is 0 Å². The number of halogens is 4. The Morgan fingerprint density at radius 1 is 1.43 bits per heavy atom. The Bertz CT molecular complexity index is 513. The maximum absolute atomic E-state index is 12.9. The van der Waals surface area contributed by atoms with Gasteiger partial charge in [0, 0.05) is 24.7 Å². The van der Waals surface area contributed by atoms with Crippen molar-refractivity contribution in [3.63, 3.8) is 0 Å². The number of hydrogen-bond donors (Lipinski definition) is 1. The Morgan fingerprint density at radius 3 is 2.81 bits per heavy atom. The van der Waals surface area contributed by atoms with Gasteiger partial charge >= 0.3 is 6.18 Å². The quantitative estimate of drug-likeness (QED) is 0.909. The lowest BCUT2D eigenvalue weighted by Crippen LogP contribution is -2.24. The number of anilines is 1. The van der Waals surface area contributed by atoms with Crippen molar-refractivity contribution >= 4 is 23.2 Å². The Balaban J connectivity index is 2.06. The van der Waals surface area contributed by atoms with Crippen LogP contribution in [0.5, 0.6) is 0 Å². The van der Waals surface area contributed by atoms with E-state index in [-0.39, 0.29) is 23.0 Å². The van der Waals surface area contributed by atoms with Crippen LogP contribution >= 0.6 is 11.6 Å². The normalized spacial score (nSPS) is 19.3. The molecule has 1 saturated heterocycles. The molecule has 1 N–H and O–H groups in total. The maximum Gasteiger partial charge on any atom is 0.418 e. The molecule has 0 aromatic heterocycles. The number of amides is 1. The molecule has 1 aromatic carbocycles. The van der Waals surface area contributed by atoms with Crippen LogP contribution < -0.4 is 5.32 Å². The summed E-state index contributed by atoms with van der Waals surface area (Å²) in [6, 6.07) is 3.29. The van der Waals surface area contributed by atoms with Crippen molar-refractivity contribution in [2.45, 2.75) is 25.4 Å². The molecule has 116 valence electrons. The van der Waals surface area contributed by atoms with Crippen molar-refractivity contribution in [1.29, 1.82) is 0 Å². The van der Waals surface area contributed by atoms with Crippen molar-refractivity contribution in [3.8, 4) is 0 Å². The number of rotatable bonds is 3. The van der Waals surface area contributed by atoms with Gasteiger partial charge in [0.15, 0.2) is 0 Å². The molecule has 0 aliphatic carbocycles. The topological polar surface area (TPSA) is 38.3 Å². The predicted octanol–water partition coefficient (Wildman–Crippen LogP) is 4.11. The average molecular weight is 322 g/mol. The summed E-state index contributed by atoms with van der Waals surface area (Å²) in [5, 5.41) is 2.29. The summed E-state index contributed by atoms with van der Waals surface area (Å²) >= 11 is 5.59. The zero-order valence-corrected chi connectivity index (χ0v) is 11.9. The number of alkyl halides is 3. The Labute approximate surface area is 125 Å². The number of carbonyl (C=O) groups is 1. The van der Waals surface area contributed by atoms with Gasteiger partial charge in [-0.05, 0) is 37.0 Å². The second kappa shape index (κ2) is 6.66. The van der Waals surface area contributed by atoms with Crippen LogP contribution in [0.2, 0.25) is 5.02 Å². The number of hydrogen-bond acceptors (Lipinski definition) is 2. The third-order valence-electron chi connectivity index (χ3n) is 3.29. The maximum atomic E-state index is 12.9. The Hall–Kier alpha value is -1.27. The molecule has 1 amide bonds. The van der Waals surface area contributed by atoms with Crippen molar-refractivity contribution in [2.75, 3.05) is 18.5 Å². The lowest BCUT2D eigenvalue weighted by Gasteiger charge is -2.22. The van der Waals surface area contributed by atoms with Gasteiger partial charge in [0.1, 0.15) is 0 Å². The van der Waals surface area contributed by atoms with E-state index in [9.17, 15) is 18.0 Å². The van der Waals surface area contributed by atoms with Gasteiger partial charge < -0.3 is 10.1 Å². The first kappa shape index (κ1) is 16.1. The number of carbonyl (C=O) groups excluding carboxylic acids is 1. The van der Waals surface area contributed by atoms with Gasteiger partial charge in [-0.3, -0.25) is 4.79 Å². The first-order valence-electron chi connectivity index (χ1n) is 6.60. The van der Waals surface area contributed by atoms with Gasteiger partial charge in [0.05, 0.1) is 11.3 Å². The average Bonchev–Trinajstić information content (AvgIpc) is 2.40. The highest BCUT2D eigenvalue weighted by molar-refractivity contribution is 6.30. The highest BCUT2D eigenvalue weighted by Crippen LogP contribution is 2.36. The van der Waals surface area contributed by atoms with Gasteiger partial charge in [-0.15, -0.1) is 0 Å². The van der Waals surface area contributed by atoms with E-state index in [0.717, 1.165) is 18.9 Å². The van der Waals surface area contributed by atoms with E-state index in [0.29, 0.717) is 13.2 Å². The lowest BCUT2D eigenvalue weighted by molar-refractivity contribution is -0.137. The van der Waals surface area contributed by atoms with E-state index in [1.54, 1.807) is 0 Å². The molecule has 1 heterocycles. The van der Waals surface area contributed by atoms with Crippen molar-refractivity contribution in [1.82, 2.24) is 0 Å². The van der Waals surface area contributed by atoms with E-state index in [4.69, 9.17) is 16.3 Å². The molecule has 7 heteroatoms. The minimum absolute atomic E-state index is 0.0268. The summed E-state index contributed by atoms with van der Waals surface area (Å²) in [5.74, 6) is -0.390. The summed E-state index contributed by atoms with van der Waals surface area (Å²) in [5.41, 5.74) is -1.21. The predicted molar refractivity (Wildman–Crippen MR) is 73.2 cm³/mol. The molecular formula is C14H15ClF3NO2. The molecule has 1 atom stereocenters. The van der Waals surface area contributed by atoms with E-state index >= 15 is 0 Å². The minimum atomic E-state index is -4.57. The first-order valence-corrected chi connectivity index (χ1v) is 6.98. The van der Waals surface area contributed by atoms with E-state index < -0.39 is 17.6 Å². The van der Waals surface area contributed by atoms with Crippen LogP contribution in [0, 0.1) is 5.92 Å². The van der Waals surface area contributed by atoms with Gasteiger partial charge in [-0.1, -0.05) is 11.6 Å². The molecule has 0 spiro atoms. The molecule has 3 nitrogen and oxygen atoms in total. The summed E-state index contributed by atoms with van der Waals surface area (Å²) < 4.78 is 44.0. The first-order chi connectivity index (χ1) is 9.86. The standard InChI is InChI=1S/C14H15ClF3NO2/c15-10-3-4-12(11(7-10)14(16,17)18)19-13(20)6-9-2-1-5-21-8-9/h3-4,7,9H,1-2,5-6,8H2,(H,19,20). The van der Waals surface area contributed by atoms with Crippen LogP contribution in [-0.4, -0.2) is 19.1 Å². The molecule has 0 saturated carbocycles. The molecule has 0 bridgehead atoms. The molecular weight excluding hydrogens is 307 g/mol. The van der Waals surface area contributed by atoms with Crippen LogP contribution in [0.1, 0.15) is 24.8 Å². The number of benzene rings is 1. The fraction of sp³-hybridized carbons (Fsp3) is 0.500. The fourth-order valence-electron chi connectivity index (χ4n) is 2.29. The van der Waals surface area contributed by atoms with Crippen molar-refractivity contribution in [3.05, 3.63) is 28.8 Å². The number of nitrogens with one attached hydrogen (secondary N) is 1. The van der Waals surface area contributed by atoms with Crippen molar-refractivity contribution < 1.29 is 22.7 Å². The van der Waals surface area contributed by atoms with Gasteiger partial charge in [0.25, 0.3) is 0 Å². The smallest absolute Gasteiger partial charge is 0.381 e. The summed E-state index contributed by atoms with van der Waals surface area (Å²) in [6.45, 7) is 1.15. The summed E-state index contributed by atoms with van der Waals surface area (Å²) in [6.07, 6.45) is -2.70. The fourth-order valence-corrected chi connectivity index (χ4v) is 2.46. The molecule has 2 rings (SSSR count).